The number of anilines is 1. The monoisotopic (exact) mass is 287 g/mol. The summed E-state index contributed by atoms with van der Waals surface area (Å²) in [7, 11) is 0. The van der Waals surface area contributed by atoms with Gasteiger partial charge in [0, 0.05) is 12.3 Å². The molecule has 0 aromatic carbocycles. The fourth-order valence-corrected chi connectivity index (χ4v) is 1.30. The van der Waals surface area contributed by atoms with Gasteiger partial charge in [0.1, 0.15) is 12.1 Å². The molecule has 0 aliphatic rings. The number of nitrogen functional groups attached to an aromatic ring is 1. The fourth-order valence-electron chi connectivity index (χ4n) is 0.913. The Bertz CT molecular complexity index is 424. The molecule has 0 aliphatic heterocycles. The van der Waals surface area contributed by atoms with Gasteiger partial charge in [-0.1, -0.05) is 0 Å². The van der Waals surface area contributed by atoms with Crippen LogP contribution >= 0.6 is 22.6 Å². The van der Waals surface area contributed by atoms with Gasteiger partial charge >= 0.3 is 0 Å². The van der Waals surface area contributed by atoms with Gasteiger partial charge in [0.15, 0.2) is 5.82 Å². The summed E-state index contributed by atoms with van der Waals surface area (Å²) in [5.41, 5.74) is 5.51. The van der Waals surface area contributed by atoms with Crippen molar-refractivity contribution < 1.29 is 0 Å². The third-order valence-corrected chi connectivity index (χ3v) is 2.02. The van der Waals surface area contributed by atoms with Crippen molar-refractivity contribution in [3.63, 3.8) is 0 Å². The van der Waals surface area contributed by atoms with Gasteiger partial charge in [0.05, 0.1) is 9.77 Å². The maximum Gasteiger partial charge on any atom is 0.158 e. The van der Waals surface area contributed by atoms with Crippen molar-refractivity contribution in [2.24, 2.45) is 0 Å². The molecule has 5 nitrogen and oxygen atoms in total. The summed E-state index contributed by atoms with van der Waals surface area (Å²) in [6.07, 6.45) is 5.03. The normalized spacial score (nSPS) is 10.2. The molecule has 2 aromatic rings. The van der Waals surface area contributed by atoms with E-state index in [0.717, 1.165) is 3.57 Å². The highest BCUT2D eigenvalue weighted by molar-refractivity contribution is 14.1. The van der Waals surface area contributed by atoms with Gasteiger partial charge in [0.25, 0.3) is 0 Å². The van der Waals surface area contributed by atoms with E-state index in [2.05, 4.69) is 37.7 Å². The van der Waals surface area contributed by atoms with Crippen LogP contribution in [-0.4, -0.2) is 19.7 Å². The highest BCUT2D eigenvalue weighted by Crippen LogP contribution is 2.08. The Balaban J connectivity index is 2.46. The van der Waals surface area contributed by atoms with E-state index in [9.17, 15) is 0 Å². The van der Waals surface area contributed by atoms with Crippen LogP contribution in [0.25, 0.3) is 5.82 Å². The SMILES string of the molecule is Nc1cc(-n2cc(I)cn2)ncn1. The zero-order chi connectivity index (χ0) is 9.26. The Morgan fingerprint density at radius 1 is 1.38 bits per heavy atom. The first kappa shape index (κ1) is 8.42. The summed E-state index contributed by atoms with van der Waals surface area (Å²) >= 11 is 2.18. The molecular weight excluding hydrogens is 281 g/mol. The predicted molar refractivity (Wildman–Crippen MR) is 56.3 cm³/mol. The van der Waals surface area contributed by atoms with E-state index >= 15 is 0 Å². The zero-order valence-electron chi connectivity index (χ0n) is 6.55. The lowest BCUT2D eigenvalue weighted by Crippen LogP contribution is -2.00. The quantitative estimate of drug-likeness (QED) is 0.789. The van der Waals surface area contributed by atoms with Gasteiger partial charge < -0.3 is 5.73 Å². The number of nitrogens with zero attached hydrogens (tertiary/aromatic N) is 4. The van der Waals surface area contributed by atoms with Crippen LogP contribution in [0.1, 0.15) is 0 Å². The minimum Gasteiger partial charge on any atom is -0.384 e. The number of aromatic nitrogens is 4. The Morgan fingerprint density at radius 3 is 2.85 bits per heavy atom. The standard InChI is InChI=1S/C7H6IN5/c8-5-2-12-13(3-5)7-1-6(9)10-4-11-7/h1-4H,(H2,9,10,11). The first-order valence-electron chi connectivity index (χ1n) is 3.54. The lowest BCUT2D eigenvalue weighted by molar-refractivity contribution is 0.840. The summed E-state index contributed by atoms with van der Waals surface area (Å²) in [4.78, 5) is 7.82. The van der Waals surface area contributed by atoms with E-state index in [4.69, 9.17) is 5.73 Å². The van der Waals surface area contributed by atoms with Crippen LogP contribution in [0.3, 0.4) is 0 Å². The van der Waals surface area contributed by atoms with Crippen molar-refractivity contribution in [2.45, 2.75) is 0 Å². The molecule has 2 heterocycles. The second kappa shape index (κ2) is 3.29. The Morgan fingerprint density at radius 2 is 2.23 bits per heavy atom. The molecule has 2 N–H and O–H groups in total. The Kier molecular flexibility index (Phi) is 2.13. The maximum atomic E-state index is 5.51. The lowest BCUT2D eigenvalue weighted by atomic mass is 10.5. The molecule has 0 fully saturated rings. The van der Waals surface area contributed by atoms with E-state index in [-0.39, 0.29) is 0 Å². The molecule has 0 atom stereocenters. The molecule has 66 valence electrons. The van der Waals surface area contributed by atoms with Crippen LogP contribution in [0, 0.1) is 3.57 Å². The highest BCUT2D eigenvalue weighted by atomic mass is 127. The van der Waals surface area contributed by atoms with Gasteiger partial charge in [-0.05, 0) is 22.6 Å². The summed E-state index contributed by atoms with van der Waals surface area (Å²) in [5.74, 6) is 1.12. The first-order valence-corrected chi connectivity index (χ1v) is 4.61. The molecule has 6 heteroatoms. The number of hydrogen-bond acceptors (Lipinski definition) is 4. The molecule has 0 amide bonds. The van der Waals surface area contributed by atoms with E-state index < -0.39 is 0 Å². The predicted octanol–water partition coefficient (Wildman–Crippen LogP) is 0.849. The van der Waals surface area contributed by atoms with Crippen LogP contribution < -0.4 is 5.73 Å². The first-order chi connectivity index (χ1) is 6.25. The van der Waals surface area contributed by atoms with Crippen LogP contribution in [-0.2, 0) is 0 Å². The molecule has 2 aromatic heterocycles. The lowest BCUT2D eigenvalue weighted by Gasteiger charge is -1.98. The van der Waals surface area contributed by atoms with Gasteiger partial charge in [0.2, 0.25) is 0 Å². The van der Waals surface area contributed by atoms with E-state index in [1.165, 1.54) is 6.33 Å². The van der Waals surface area contributed by atoms with Gasteiger partial charge in [-0.15, -0.1) is 0 Å². The molecule has 0 aliphatic carbocycles. The second-order valence-electron chi connectivity index (χ2n) is 2.40. The zero-order valence-corrected chi connectivity index (χ0v) is 8.71. The summed E-state index contributed by atoms with van der Waals surface area (Å²) in [6, 6.07) is 1.67. The summed E-state index contributed by atoms with van der Waals surface area (Å²) in [6.45, 7) is 0. The maximum absolute atomic E-state index is 5.51. The summed E-state index contributed by atoms with van der Waals surface area (Å²) in [5, 5.41) is 4.09. The van der Waals surface area contributed by atoms with Crippen LogP contribution in [0.15, 0.2) is 24.8 Å². The smallest absolute Gasteiger partial charge is 0.158 e. The van der Waals surface area contributed by atoms with Gasteiger partial charge in [-0.3, -0.25) is 0 Å². The van der Waals surface area contributed by atoms with Crippen LogP contribution in [0.5, 0.6) is 0 Å². The van der Waals surface area contributed by atoms with Crippen molar-refractivity contribution in [1.29, 1.82) is 0 Å². The number of hydrogen-bond donors (Lipinski definition) is 1. The van der Waals surface area contributed by atoms with Crippen molar-refractivity contribution in [3.05, 3.63) is 28.4 Å². The molecule has 13 heavy (non-hydrogen) atoms. The van der Waals surface area contributed by atoms with E-state index in [1.807, 2.05) is 6.20 Å². The van der Waals surface area contributed by atoms with E-state index in [0.29, 0.717) is 11.6 Å². The van der Waals surface area contributed by atoms with Crippen molar-refractivity contribution >= 4 is 28.4 Å². The number of nitrogens with two attached hydrogens (primary N) is 1. The molecule has 0 saturated carbocycles. The number of rotatable bonds is 1. The average Bonchev–Trinajstić information content (AvgIpc) is 2.52. The van der Waals surface area contributed by atoms with Crippen molar-refractivity contribution in [3.8, 4) is 5.82 Å². The fraction of sp³-hybridized carbons (Fsp3) is 0. The van der Waals surface area contributed by atoms with Crippen molar-refractivity contribution in [1.82, 2.24) is 19.7 Å². The molecule has 0 saturated heterocycles. The van der Waals surface area contributed by atoms with Crippen molar-refractivity contribution in [2.75, 3.05) is 5.73 Å². The molecule has 2 rings (SSSR count). The minimum absolute atomic E-state index is 0.440. The Hall–Kier alpha value is -1.18. The Labute approximate surface area is 88.1 Å². The van der Waals surface area contributed by atoms with Gasteiger partial charge in [-0.25, -0.2) is 14.6 Å². The summed E-state index contributed by atoms with van der Waals surface area (Å²) < 4.78 is 2.70. The topological polar surface area (TPSA) is 69.6 Å². The minimum atomic E-state index is 0.440. The van der Waals surface area contributed by atoms with Gasteiger partial charge in [-0.2, -0.15) is 5.10 Å². The second-order valence-corrected chi connectivity index (χ2v) is 3.65. The van der Waals surface area contributed by atoms with Crippen LogP contribution in [0.4, 0.5) is 5.82 Å². The van der Waals surface area contributed by atoms with Crippen LogP contribution in [0.2, 0.25) is 0 Å². The molecule has 0 bridgehead atoms. The molecule has 0 unspecified atom stereocenters. The third-order valence-electron chi connectivity index (χ3n) is 1.46. The molecular formula is C7H6IN5. The number of halogens is 1. The highest BCUT2D eigenvalue weighted by Gasteiger charge is 2.00. The molecule has 0 spiro atoms. The average molecular weight is 287 g/mol. The third kappa shape index (κ3) is 1.77. The molecule has 0 radical (unpaired) electrons. The van der Waals surface area contributed by atoms with E-state index in [1.54, 1.807) is 16.9 Å². The largest absolute Gasteiger partial charge is 0.384 e.